The van der Waals surface area contributed by atoms with Crippen molar-refractivity contribution in [3.05, 3.63) is 29.3 Å². The highest BCUT2D eigenvalue weighted by Gasteiger charge is 2.36. The second-order valence-electron chi connectivity index (χ2n) is 5.62. The average molecular weight is 298 g/mol. The van der Waals surface area contributed by atoms with Gasteiger partial charge in [-0.05, 0) is 62.2 Å². The highest BCUT2D eigenvalue weighted by Crippen LogP contribution is 2.24. The van der Waals surface area contributed by atoms with Gasteiger partial charge in [-0.15, -0.1) is 0 Å². The minimum atomic E-state index is -0.180. The SMILES string of the molecule is CC(C)CCC1(C)NC(=S)N(c2ccc(Cl)cc2)N1. The number of hydrazine groups is 1. The van der Waals surface area contributed by atoms with Gasteiger partial charge in [0, 0.05) is 5.02 Å². The number of nitrogens with one attached hydrogen (secondary N) is 2. The van der Waals surface area contributed by atoms with Crippen LogP contribution in [0, 0.1) is 5.92 Å². The van der Waals surface area contributed by atoms with Crippen LogP contribution in [0.15, 0.2) is 24.3 Å². The van der Waals surface area contributed by atoms with Gasteiger partial charge in [0.1, 0.15) is 5.66 Å². The maximum atomic E-state index is 5.91. The number of thiocarbonyl (C=S) groups is 1. The summed E-state index contributed by atoms with van der Waals surface area (Å²) < 4.78 is 0. The third-order valence-corrected chi connectivity index (χ3v) is 3.79. The third-order valence-electron chi connectivity index (χ3n) is 3.25. The van der Waals surface area contributed by atoms with Crippen LogP contribution in [0.25, 0.3) is 0 Å². The molecule has 0 saturated carbocycles. The molecule has 1 aliphatic heterocycles. The van der Waals surface area contributed by atoms with Gasteiger partial charge in [-0.1, -0.05) is 25.4 Å². The van der Waals surface area contributed by atoms with Gasteiger partial charge in [-0.25, -0.2) is 5.43 Å². The summed E-state index contributed by atoms with van der Waals surface area (Å²) in [5, 5.41) is 6.70. The summed E-state index contributed by atoms with van der Waals surface area (Å²) in [4.78, 5) is 0. The summed E-state index contributed by atoms with van der Waals surface area (Å²) in [6.07, 6.45) is 2.17. The first-order valence-corrected chi connectivity index (χ1v) is 7.34. The fourth-order valence-electron chi connectivity index (χ4n) is 2.09. The van der Waals surface area contributed by atoms with Crippen molar-refractivity contribution in [1.29, 1.82) is 0 Å². The van der Waals surface area contributed by atoms with Gasteiger partial charge >= 0.3 is 0 Å². The summed E-state index contributed by atoms with van der Waals surface area (Å²) in [6.45, 7) is 6.60. The fraction of sp³-hybridized carbons (Fsp3) is 0.500. The van der Waals surface area contributed by atoms with Crippen LogP contribution in [0.1, 0.15) is 33.6 Å². The predicted molar refractivity (Wildman–Crippen MR) is 85.3 cm³/mol. The molecule has 1 aromatic carbocycles. The monoisotopic (exact) mass is 297 g/mol. The molecule has 0 aliphatic carbocycles. The summed E-state index contributed by atoms with van der Waals surface area (Å²) >= 11 is 11.3. The minimum absolute atomic E-state index is 0.180. The van der Waals surface area contributed by atoms with Crippen molar-refractivity contribution >= 4 is 34.6 Å². The van der Waals surface area contributed by atoms with E-state index in [1.807, 2.05) is 29.3 Å². The molecule has 104 valence electrons. The van der Waals surface area contributed by atoms with Gasteiger partial charge in [-0.3, -0.25) is 5.01 Å². The average Bonchev–Trinajstić information content (AvgIpc) is 2.64. The third kappa shape index (κ3) is 3.59. The molecule has 2 rings (SSSR count). The van der Waals surface area contributed by atoms with Crippen molar-refractivity contribution in [3.8, 4) is 0 Å². The van der Waals surface area contributed by atoms with Crippen molar-refractivity contribution in [2.45, 2.75) is 39.3 Å². The highest BCUT2D eigenvalue weighted by atomic mass is 35.5. The van der Waals surface area contributed by atoms with Crippen molar-refractivity contribution in [1.82, 2.24) is 10.7 Å². The number of anilines is 1. The van der Waals surface area contributed by atoms with Crippen LogP contribution in [-0.2, 0) is 0 Å². The molecule has 2 N–H and O–H groups in total. The molecule has 0 aromatic heterocycles. The van der Waals surface area contributed by atoms with E-state index in [0.29, 0.717) is 11.0 Å². The van der Waals surface area contributed by atoms with Crippen molar-refractivity contribution < 1.29 is 0 Å². The smallest absolute Gasteiger partial charge is 0.189 e. The molecule has 3 nitrogen and oxygen atoms in total. The van der Waals surface area contributed by atoms with Crippen LogP contribution in [-0.4, -0.2) is 10.8 Å². The molecule has 1 fully saturated rings. The van der Waals surface area contributed by atoms with Crippen LogP contribution < -0.4 is 15.8 Å². The largest absolute Gasteiger partial charge is 0.342 e. The Hall–Kier alpha value is -0.840. The van der Waals surface area contributed by atoms with Crippen LogP contribution in [0.3, 0.4) is 0 Å². The van der Waals surface area contributed by atoms with Gasteiger partial charge in [-0.2, -0.15) is 0 Å². The second kappa shape index (κ2) is 5.65. The molecular formula is C14H20ClN3S. The second-order valence-corrected chi connectivity index (χ2v) is 6.44. The van der Waals surface area contributed by atoms with Gasteiger partial charge in [0.25, 0.3) is 0 Å². The van der Waals surface area contributed by atoms with Crippen molar-refractivity contribution in [2.24, 2.45) is 5.92 Å². The minimum Gasteiger partial charge on any atom is -0.342 e. The Kier molecular flexibility index (Phi) is 4.33. The van der Waals surface area contributed by atoms with Crippen LogP contribution in [0.4, 0.5) is 5.69 Å². The van der Waals surface area contributed by atoms with Crippen LogP contribution in [0.5, 0.6) is 0 Å². The zero-order valence-corrected chi connectivity index (χ0v) is 13.1. The van der Waals surface area contributed by atoms with Gasteiger partial charge in [0.05, 0.1) is 5.69 Å². The van der Waals surface area contributed by atoms with Gasteiger partial charge < -0.3 is 5.32 Å². The van der Waals surface area contributed by atoms with E-state index in [1.54, 1.807) is 0 Å². The Balaban J connectivity index is 2.08. The molecule has 1 atom stereocenters. The van der Waals surface area contributed by atoms with E-state index in [4.69, 9.17) is 23.8 Å². The normalized spacial score (nSPS) is 23.0. The summed E-state index contributed by atoms with van der Waals surface area (Å²) in [6, 6.07) is 7.64. The van der Waals surface area contributed by atoms with E-state index >= 15 is 0 Å². The topological polar surface area (TPSA) is 27.3 Å². The molecule has 0 bridgehead atoms. The number of hydrogen-bond acceptors (Lipinski definition) is 2. The number of hydrogen-bond donors (Lipinski definition) is 2. The molecule has 1 unspecified atom stereocenters. The lowest BCUT2D eigenvalue weighted by Gasteiger charge is -2.26. The molecule has 1 aromatic rings. The lowest BCUT2D eigenvalue weighted by molar-refractivity contribution is 0.318. The molecule has 5 heteroatoms. The number of rotatable bonds is 4. The van der Waals surface area contributed by atoms with E-state index in [0.717, 1.165) is 23.6 Å². The lowest BCUT2D eigenvalue weighted by atomic mass is 10.0. The van der Waals surface area contributed by atoms with E-state index in [2.05, 4.69) is 31.5 Å². The number of benzene rings is 1. The maximum absolute atomic E-state index is 5.91. The summed E-state index contributed by atoms with van der Waals surface area (Å²) in [5.74, 6) is 0.679. The summed E-state index contributed by atoms with van der Waals surface area (Å²) in [5.41, 5.74) is 4.26. The van der Waals surface area contributed by atoms with Gasteiger partial charge in [0.2, 0.25) is 0 Å². The fourth-order valence-corrected chi connectivity index (χ4v) is 2.59. The zero-order chi connectivity index (χ0) is 14.0. The molecule has 1 heterocycles. The molecule has 1 saturated heterocycles. The quantitative estimate of drug-likeness (QED) is 0.829. The van der Waals surface area contributed by atoms with Crippen LogP contribution in [0.2, 0.25) is 5.02 Å². The van der Waals surface area contributed by atoms with Crippen LogP contribution >= 0.6 is 23.8 Å². The van der Waals surface area contributed by atoms with E-state index in [-0.39, 0.29) is 5.66 Å². The Bertz CT molecular complexity index is 460. The Morgan fingerprint density at radius 3 is 2.53 bits per heavy atom. The van der Waals surface area contributed by atoms with E-state index in [1.165, 1.54) is 0 Å². The molecule has 0 radical (unpaired) electrons. The standard InChI is InChI=1S/C14H20ClN3S/c1-10(2)8-9-14(3)16-13(19)18(17-14)12-6-4-11(15)5-7-12/h4-7,10,17H,8-9H2,1-3H3,(H,16,19). The molecule has 0 spiro atoms. The lowest BCUT2D eigenvalue weighted by Crippen LogP contribution is -2.48. The maximum Gasteiger partial charge on any atom is 0.189 e. The predicted octanol–water partition coefficient (Wildman–Crippen LogP) is 3.69. The summed E-state index contributed by atoms with van der Waals surface area (Å²) in [7, 11) is 0. The van der Waals surface area contributed by atoms with Gasteiger partial charge in [0.15, 0.2) is 5.11 Å². The first-order valence-electron chi connectivity index (χ1n) is 6.55. The van der Waals surface area contributed by atoms with E-state index in [9.17, 15) is 0 Å². The number of nitrogens with zero attached hydrogens (tertiary/aromatic N) is 1. The molecule has 19 heavy (non-hydrogen) atoms. The van der Waals surface area contributed by atoms with E-state index < -0.39 is 0 Å². The highest BCUT2D eigenvalue weighted by molar-refractivity contribution is 7.80. The Morgan fingerprint density at radius 2 is 1.95 bits per heavy atom. The Morgan fingerprint density at radius 1 is 1.32 bits per heavy atom. The molecule has 0 amide bonds. The molecule has 1 aliphatic rings. The van der Waals surface area contributed by atoms with Crippen molar-refractivity contribution in [3.63, 3.8) is 0 Å². The molecular weight excluding hydrogens is 278 g/mol. The van der Waals surface area contributed by atoms with Crippen molar-refractivity contribution in [2.75, 3.05) is 5.01 Å². The Labute approximate surface area is 125 Å². The first-order chi connectivity index (χ1) is 8.89. The first kappa shape index (κ1) is 14.6. The zero-order valence-electron chi connectivity index (χ0n) is 11.5. The number of halogens is 1.